The summed E-state index contributed by atoms with van der Waals surface area (Å²) in [4.78, 5) is 18.6. The van der Waals surface area contributed by atoms with Gasteiger partial charge in [-0.05, 0) is 46.1 Å². The summed E-state index contributed by atoms with van der Waals surface area (Å²) in [5, 5.41) is 3.99. The maximum atomic E-state index is 13.4. The highest BCUT2D eigenvalue weighted by atomic mass is 79.9. The van der Waals surface area contributed by atoms with Crippen LogP contribution in [0, 0.1) is 5.82 Å². The van der Waals surface area contributed by atoms with E-state index in [0.29, 0.717) is 41.3 Å². The molecule has 7 heteroatoms. The lowest BCUT2D eigenvalue weighted by Gasteiger charge is -2.15. The second kappa shape index (κ2) is 7.60. The van der Waals surface area contributed by atoms with Crippen LogP contribution in [0.25, 0.3) is 11.4 Å². The van der Waals surface area contributed by atoms with Crippen LogP contribution in [0.2, 0.25) is 0 Å². The standard InChI is InChI=1S/C20H17BrFN3O2/c21-16-10-14(6-7-17(16)22)19-23-20(27-24-19)15-11-18(26)25(12-15)9-8-13-4-2-1-3-5-13/h1-7,10,15H,8-9,11-12H2. The van der Waals surface area contributed by atoms with Gasteiger partial charge in [0.15, 0.2) is 0 Å². The first-order valence-electron chi connectivity index (χ1n) is 8.71. The van der Waals surface area contributed by atoms with Gasteiger partial charge in [0.2, 0.25) is 17.6 Å². The van der Waals surface area contributed by atoms with Crippen LogP contribution < -0.4 is 0 Å². The number of carbonyl (C=O) groups is 1. The van der Waals surface area contributed by atoms with E-state index in [-0.39, 0.29) is 17.6 Å². The number of hydrogen-bond acceptors (Lipinski definition) is 4. The van der Waals surface area contributed by atoms with Gasteiger partial charge in [-0.3, -0.25) is 4.79 Å². The fourth-order valence-electron chi connectivity index (χ4n) is 3.22. The maximum Gasteiger partial charge on any atom is 0.232 e. The van der Waals surface area contributed by atoms with Crippen molar-refractivity contribution in [1.82, 2.24) is 15.0 Å². The van der Waals surface area contributed by atoms with Crippen LogP contribution in [0.1, 0.15) is 23.8 Å². The molecule has 0 radical (unpaired) electrons. The van der Waals surface area contributed by atoms with Crippen LogP contribution in [0.15, 0.2) is 57.5 Å². The second-order valence-electron chi connectivity index (χ2n) is 6.56. The van der Waals surface area contributed by atoms with Gasteiger partial charge >= 0.3 is 0 Å². The first kappa shape index (κ1) is 17.9. The Morgan fingerprint density at radius 3 is 2.81 bits per heavy atom. The second-order valence-corrected chi connectivity index (χ2v) is 7.42. The van der Waals surface area contributed by atoms with Gasteiger partial charge in [-0.2, -0.15) is 4.98 Å². The molecule has 5 nitrogen and oxygen atoms in total. The Hall–Kier alpha value is -2.54. The van der Waals surface area contributed by atoms with E-state index in [1.807, 2.05) is 23.1 Å². The molecule has 1 atom stereocenters. The summed E-state index contributed by atoms with van der Waals surface area (Å²) in [5.41, 5.74) is 1.86. The molecule has 1 aliphatic heterocycles. The third-order valence-electron chi connectivity index (χ3n) is 4.70. The van der Waals surface area contributed by atoms with Gasteiger partial charge in [0.05, 0.1) is 10.4 Å². The number of benzene rings is 2. The lowest BCUT2D eigenvalue weighted by molar-refractivity contribution is -0.127. The molecule has 1 saturated heterocycles. The first-order chi connectivity index (χ1) is 13.1. The summed E-state index contributed by atoms with van der Waals surface area (Å²) in [7, 11) is 0. The van der Waals surface area contributed by atoms with Crippen molar-refractivity contribution in [2.24, 2.45) is 0 Å². The van der Waals surface area contributed by atoms with Crippen LogP contribution in [-0.4, -0.2) is 34.0 Å². The van der Waals surface area contributed by atoms with Gasteiger partial charge in [-0.1, -0.05) is 35.5 Å². The summed E-state index contributed by atoms with van der Waals surface area (Å²) in [6, 6.07) is 14.6. The minimum absolute atomic E-state index is 0.0974. The van der Waals surface area contributed by atoms with Gasteiger partial charge in [-0.25, -0.2) is 4.39 Å². The number of carbonyl (C=O) groups excluding carboxylic acids is 1. The van der Waals surface area contributed by atoms with Crippen molar-refractivity contribution < 1.29 is 13.7 Å². The summed E-state index contributed by atoms with van der Waals surface area (Å²) in [5.74, 6) is 0.471. The molecular weight excluding hydrogens is 413 g/mol. The third-order valence-corrected chi connectivity index (χ3v) is 5.30. The van der Waals surface area contributed by atoms with Crippen LogP contribution in [-0.2, 0) is 11.2 Å². The number of aromatic nitrogens is 2. The monoisotopic (exact) mass is 429 g/mol. The minimum Gasteiger partial charge on any atom is -0.342 e. The SMILES string of the molecule is O=C1CC(c2nc(-c3ccc(F)c(Br)c3)no2)CN1CCc1ccccc1. The fourth-order valence-corrected chi connectivity index (χ4v) is 3.59. The smallest absolute Gasteiger partial charge is 0.232 e. The fraction of sp³-hybridized carbons (Fsp3) is 0.250. The first-order valence-corrected chi connectivity index (χ1v) is 9.50. The lowest BCUT2D eigenvalue weighted by Crippen LogP contribution is -2.27. The Kier molecular flexibility index (Phi) is 5.03. The Labute approximate surface area is 164 Å². The average Bonchev–Trinajstić information content (AvgIpc) is 3.30. The van der Waals surface area contributed by atoms with E-state index >= 15 is 0 Å². The third kappa shape index (κ3) is 3.93. The van der Waals surface area contributed by atoms with Gasteiger partial charge in [0.1, 0.15) is 5.82 Å². The van der Waals surface area contributed by atoms with Crippen LogP contribution in [0.3, 0.4) is 0 Å². The van der Waals surface area contributed by atoms with Crippen molar-refractivity contribution in [3.63, 3.8) is 0 Å². The lowest BCUT2D eigenvalue weighted by atomic mass is 10.1. The van der Waals surface area contributed by atoms with E-state index in [1.54, 1.807) is 12.1 Å². The summed E-state index contributed by atoms with van der Waals surface area (Å²) < 4.78 is 19.1. The van der Waals surface area contributed by atoms with Crippen molar-refractivity contribution in [1.29, 1.82) is 0 Å². The number of likely N-dealkylation sites (tertiary alicyclic amines) is 1. The molecule has 4 rings (SSSR count). The molecular formula is C20H17BrFN3O2. The Morgan fingerprint density at radius 1 is 1.22 bits per heavy atom. The Bertz CT molecular complexity index is 961. The number of rotatable bonds is 5. The van der Waals surface area contributed by atoms with Gasteiger partial charge in [0, 0.05) is 25.1 Å². The summed E-state index contributed by atoms with van der Waals surface area (Å²) >= 11 is 3.16. The van der Waals surface area contributed by atoms with E-state index in [0.717, 1.165) is 6.42 Å². The number of halogens is 2. The summed E-state index contributed by atoms with van der Waals surface area (Å²) in [6.07, 6.45) is 1.18. The minimum atomic E-state index is -0.349. The average molecular weight is 430 g/mol. The molecule has 0 aliphatic carbocycles. The Morgan fingerprint density at radius 2 is 2.04 bits per heavy atom. The highest BCUT2D eigenvalue weighted by molar-refractivity contribution is 9.10. The van der Waals surface area contributed by atoms with E-state index in [2.05, 4.69) is 38.2 Å². The molecule has 1 aliphatic rings. The molecule has 0 bridgehead atoms. The van der Waals surface area contributed by atoms with E-state index in [4.69, 9.17) is 4.52 Å². The van der Waals surface area contributed by atoms with E-state index in [9.17, 15) is 9.18 Å². The van der Waals surface area contributed by atoms with Crippen molar-refractivity contribution in [2.45, 2.75) is 18.8 Å². The molecule has 2 heterocycles. The summed E-state index contributed by atoms with van der Waals surface area (Å²) in [6.45, 7) is 1.24. The number of hydrogen-bond donors (Lipinski definition) is 0. The highest BCUT2D eigenvalue weighted by Crippen LogP contribution is 2.29. The molecule has 0 N–H and O–H groups in total. The largest absolute Gasteiger partial charge is 0.342 e. The van der Waals surface area contributed by atoms with Crippen molar-refractivity contribution in [3.8, 4) is 11.4 Å². The molecule has 1 unspecified atom stereocenters. The van der Waals surface area contributed by atoms with Crippen LogP contribution in [0.4, 0.5) is 4.39 Å². The van der Waals surface area contributed by atoms with E-state index < -0.39 is 0 Å². The van der Waals surface area contributed by atoms with Gasteiger partial charge < -0.3 is 9.42 Å². The molecule has 1 aromatic heterocycles. The van der Waals surface area contributed by atoms with Crippen molar-refractivity contribution in [2.75, 3.05) is 13.1 Å². The predicted molar refractivity (Wildman–Crippen MR) is 101 cm³/mol. The van der Waals surface area contributed by atoms with E-state index in [1.165, 1.54) is 11.6 Å². The molecule has 1 fully saturated rings. The van der Waals surface area contributed by atoms with Crippen LogP contribution >= 0.6 is 15.9 Å². The van der Waals surface area contributed by atoms with Crippen molar-refractivity contribution >= 4 is 21.8 Å². The quantitative estimate of drug-likeness (QED) is 0.609. The number of amides is 1. The molecule has 27 heavy (non-hydrogen) atoms. The molecule has 1 amide bonds. The molecule has 0 saturated carbocycles. The topological polar surface area (TPSA) is 59.2 Å². The molecule has 2 aromatic carbocycles. The normalized spacial score (nSPS) is 16.9. The molecule has 0 spiro atoms. The number of nitrogens with zero attached hydrogens (tertiary/aromatic N) is 3. The highest BCUT2D eigenvalue weighted by Gasteiger charge is 2.34. The zero-order valence-corrected chi connectivity index (χ0v) is 16.0. The molecule has 138 valence electrons. The maximum absolute atomic E-state index is 13.4. The predicted octanol–water partition coefficient (Wildman–Crippen LogP) is 4.20. The zero-order chi connectivity index (χ0) is 18.8. The van der Waals surface area contributed by atoms with Gasteiger partial charge in [0.25, 0.3) is 0 Å². The Balaban J connectivity index is 1.43. The molecule has 3 aromatic rings. The zero-order valence-electron chi connectivity index (χ0n) is 14.4. The van der Waals surface area contributed by atoms with Crippen molar-refractivity contribution in [3.05, 3.63) is 70.3 Å². The van der Waals surface area contributed by atoms with Gasteiger partial charge in [-0.15, -0.1) is 0 Å². The van der Waals surface area contributed by atoms with Crippen LogP contribution in [0.5, 0.6) is 0 Å².